The Balaban J connectivity index is 1.71. The fraction of sp³-hybridized carbons (Fsp3) is 0.381. The Labute approximate surface area is 154 Å². The van der Waals surface area contributed by atoms with Crippen molar-refractivity contribution in [2.75, 3.05) is 27.4 Å². The van der Waals surface area contributed by atoms with E-state index in [1.54, 1.807) is 14.2 Å². The second-order valence-electron chi connectivity index (χ2n) is 6.31. The van der Waals surface area contributed by atoms with E-state index >= 15 is 0 Å². The summed E-state index contributed by atoms with van der Waals surface area (Å²) in [5.74, 6) is 2.01. The van der Waals surface area contributed by atoms with Crippen molar-refractivity contribution in [1.82, 2.24) is 4.90 Å². The molecule has 1 heterocycles. The lowest BCUT2D eigenvalue weighted by atomic mass is 9.95. The SMILES string of the molecule is COc1cccc([C@@H]2CCCCN2C(=O)COc2ccccc2OC)c1. The van der Waals surface area contributed by atoms with Crippen LogP contribution >= 0.6 is 0 Å². The quantitative estimate of drug-likeness (QED) is 0.790. The van der Waals surface area contributed by atoms with Crippen LogP contribution in [-0.4, -0.2) is 38.2 Å². The van der Waals surface area contributed by atoms with E-state index < -0.39 is 0 Å². The first-order valence-corrected chi connectivity index (χ1v) is 8.92. The highest BCUT2D eigenvalue weighted by molar-refractivity contribution is 5.78. The van der Waals surface area contributed by atoms with Crippen LogP contribution in [0.3, 0.4) is 0 Å². The van der Waals surface area contributed by atoms with Gasteiger partial charge < -0.3 is 19.1 Å². The third-order valence-corrected chi connectivity index (χ3v) is 4.72. The van der Waals surface area contributed by atoms with Gasteiger partial charge >= 0.3 is 0 Å². The Bertz CT molecular complexity index is 746. The Morgan fingerprint density at radius 1 is 1.04 bits per heavy atom. The van der Waals surface area contributed by atoms with Gasteiger partial charge in [0.1, 0.15) is 5.75 Å². The average Bonchev–Trinajstić information content (AvgIpc) is 2.72. The molecule has 5 nitrogen and oxygen atoms in total. The van der Waals surface area contributed by atoms with Crippen molar-refractivity contribution in [3.05, 3.63) is 54.1 Å². The number of likely N-dealkylation sites (tertiary alicyclic amines) is 1. The summed E-state index contributed by atoms with van der Waals surface area (Å²) >= 11 is 0. The van der Waals surface area contributed by atoms with Gasteiger partial charge in [0, 0.05) is 6.54 Å². The molecule has 1 saturated heterocycles. The van der Waals surface area contributed by atoms with Crippen LogP contribution in [0.1, 0.15) is 30.9 Å². The predicted molar refractivity (Wildman–Crippen MR) is 99.8 cm³/mol. The summed E-state index contributed by atoms with van der Waals surface area (Å²) in [6, 6.07) is 15.4. The molecule has 1 aliphatic heterocycles. The molecule has 26 heavy (non-hydrogen) atoms. The van der Waals surface area contributed by atoms with Gasteiger partial charge in [-0.15, -0.1) is 0 Å². The van der Waals surface area contributed by atoms with E-state index in [0.29, 0.717) is 11.5 Å². The minimum absolute atomic E-state index is 0.000835. The number of ether oxygens (including phenoxy) is 3. The van der Waals surface area contributed by atoms with Crippen LogP contribution in [0.5, 0.6) is 17.2 Å². The molecule has 1 fully saturated rings. The highest BCUT2D eigenvalue weighted by atomic mass is 16.5. The zero-order chi connectivity index (χ0) is 18.4. The van der Waals surface area contributed by atoms with Gasteiger partial charge in [-0.3, -0.25) is 4.79 Å². The molecule has 0 unspecified atom stereocenters. The zero-order valence-corrected chi connectivity index (χ0v) is 15.3. The van der Waals surface area contributed by atoms with Crippen molar-refractivity contribution in [2.45, 2.75) is 25.3 Å². The first-order chi connectivity index (χ1) is 12.7. The summed E-state index contributed by atoms with van der Waals surface area (Å²) in [7, 11) is 3.25. The lowest BCUT2D eigenvalue weighted by Gasteiger charge is -2.36. The molecule has 2 aromatic rings. The van der Waals surface area contributed by atoms with Gasteiger partial charge in [-0.05, 0) is 49.1 Å². The van der Waals surface area contributed by atoms with Gasteiger partial charge in [0.2, 0.25) is 0 Å². The molecule has 0 bridgehead atoms. The van der Waals surface area contributed by atoms with Crippen LogP contribution in [-0.2, 0) is 4.79 Å². The van der Waals surface area contributed by atoms with Gasteiger partial charge in [0.05, 0.1) is 20.3 Å². The van der Waals surface area contributed by atoms with E-state index in [1.807, 2.05) is 47.4 Å². The van der Waals surface area contributed by atoms with E-state index in [4.69, 9.17) is 14.2 Å². The minimum atomic E-state index is -0.0107. The topological polar surface area (TPSA) is 48.0 Å². The molecule has 0 radical (unpaired) electrons. The summed E-state index contributed by atoms with van der Waals surface area (Å²) in [6.07, 6.45) is 3.08. The van der Waals surface area contributed by atoms with Gasteiger partial charge in [-0.1, -0.05) is 24.3 Å². The van der Waals surface area contributed by atoms with Crippen LogP contribution in [0.15, 0.2) is 48.5 Å². The molecule has 0 saturated carbocycles. The summed E-state index contributed by atoms with van der Waals surface area (Å²) < 4.78 is 16.3. The standard InChI is InChI=1S/C21H25NO4/c1-24-17-9-7-8-16(14-17)18-10-5-6-13-22(18)21(23)15-26-20-12-4-3-11-19(20)25-2/h3-4,7-9,11-12,14,18H,5-6,10,13,15H2,1-2H3/t18-/m0/s1. The van der Waals surface area contributed by atoms with E-state index in [9.17, 15) is 4.79 Å². The summed E-state index contributed by atoms with van der Waals surface area (Å²) in [4.78, 5) is 14.8. The molecule has 2 aromatic carbocycles. The number of rotatable bonds is 6. The third-order valence-electron chi connectivity index (χ3n) is 4.72. The largest absolute Gasteiger partial charge is 0.497 e. The third kappa shape index (κ3) is 4.10. The van der Waals surface area contributed by atoms with Crippen molar-refractivity contribution in [2.24, 2.45) is 0 Å². The molecule has 1 aliphatic rings. The Morgan fingerprint density at radius 2 is 1.85 bits per heavy atom. The fourth-order valence-corrected chi connectivity index (χ4v) is 3.39. The first kappa shape index (κ1) is 18.1. The zero-order valence-electron chi connectivity index (χ0n) is 15.3. The lowest BCUT2D eigenvalue weighted by Crippen LogP contribution is -2.41. The minimum Gasteiger partial charge on any atom is -0.497 e. The maximum Gasteiger partial charge on any atom is 0.261 e. The molecule has 138 valence electrons. The van der Waals surface area contributed by atoms with Crippen LogP contribution in [0.25, 0.3) is 0 Å². The van der Waals surface area contributed by atoms with Crippen LogP contribution in [0, 0.1) is 0 Å². The van der Waals surface area contributed by atoms with E-state index in [-0.39, 0.29) is 18.6 Å². The summed E-state index contributed by atoms with van der Waals surface area (Å²) in [5.41, 5.74) is 1.11. The van der Waals surface area contributed by atoms with Crippen LogP contribution in [0.4, 0.5) is 0 Å². The van der Waals surface area contributed by atoms with E-state index in [0.717, 1.165) is 37.1 Å². The highest BCUT2D eigenvalue weighted by Crippen LogP contribution is 2.33. The molecule has 0 N–H and O–H groups in total. The number of piperidine rings is 1. The van der Waals surface area contributed by atoms with Gasteiger partial charge in [0.25, 0.3) is 5.91 Å². The maximum atomic E-state index is 12.8. The second kappa shape index (κ2) is 8.61. The van der Waals surface area contributed by atoms with Crippen molar-refractivity contribution < 1.29 is 19.0 Å². The number of carbonyl (C=O) groups is 1. The number of methoxy groups -OCH3 is 2. The number of carbonyl (C=O) groups excluding carboxylic acids is 1. The smallest absolute Gasteiger partial charge is 0.261 e. The average molecular weight is 355 g/mol. The van der Waals surface area contributed by atoms with Crippen LogP contribution in [0.2, 0.25) is 0 Å². The number of hydrogen-bond acceptors (Lipinski definition) is 4. The van der Waals surface area contributed by atoms with Gasteiger partial charge in [0.15, 0.2) is 18.1 Å². The number of nitrogens with zero attached hydrogens (tertiary/aromatic N) is 1. The van der Waals surface area contributed by atoms with Crippen molar-refractivity contribution in [3.63, 3.8) is 0 Å². The molecular formula is C21H25NO4. The van der Waals surface area contributed by atoms with Crippen LogP contribution < -0.4 is 14.2 Å². The molecule has 5 heteroatoms. The Hall–Kier alpha value is -2.69. The highest BCUT2D eigenvalue weighted by Gasteiger charge is 2.28. The van der Waals surface area contributed by atoms with Crippen molar-refractivity contribution in [1.29, 1.82) is 0 Å². The normalized spacial score (nSPS) is 16.8. The Morgan fingerprint density at radius 3 is 2.62 bits per heavy atom. The van der Waals surface area contributed by atoms with Gasteiger partial charge in [-0.25, -0.2) is 0 Å². The molecular weight excluding hydrogens is 330 g/mol. The van der Waals surface area contributed by atoms with Gasteiger partial charge in [-0.2, -0.15) is 0 Å². The lowest BCUT2D eigenvalue weighted by molar-refractivity contribution is -0.137. The van der Waals surface area contributed by atoms with E-state index in [1.165, 1.54) is 0 Å². The number of hydrogen-bond donors (Lipinski definition) is 0. The molecule has 1 amide bonds. The summed E-state index contributed by atoms with van der Waals surface area (Å²) in [6.45, 7) is 0.747. The predicted octanol–water partition coefficient (Wildman–Crippen LogP) is 3.84. The number of amides is 1. The fourth-order valence-electron chi connectivity index (χ4n) is 3.39. The Kier molecular flexibility index (Phi) is 6.00. The van der Waals surface area contributed by atoms with Crippen molar-refractivity contribution in [3.8, 4) is 17.2 Å². The monoisotopic (exact) mass is 355 g/mol. The molecule has 0 spiro atoms. The molecule has 3 rings (SSSR count). The molecule has 0 aliphatic carbocycles. The van der Waals surface area contributed by atoms with E-state index in [2.05, 4.69) is 6.07 Å². The van der Waals surface area contributed by atoms with Crippen molar-refractivity contribution >= 4 is 5.91 Å². The number of para-hydroxylation sites is 2. The molecule has 1 atom stereocenters. The summed E-state index contributed by atoms with van der Waals surface area (Å²) in [5, 5.41) is 0. The second-order valence-corrected chi connectivity index (χ2v) is 6.31. The molecule has 0 aromatic heterocycles. The number of benzene rings is 2. The first-order valence-electron chi connectivity index (χ1n) is 8.92. The maximum absolute atomic E-state index is 12.8.